The van der Waals surface area contributed by atoms with E-state index < -0.39 is 5.60 Å². The van der Waals surface area contributed by atoms with E-state index in [0.29, 0.717) is 10.6 Å². The van der Waals surface area contributed by atoms with Crippen LogP contribution in [-0.2, 0) is 17.6 Å². The maximum absolute atomic E-state index is 12.3. The molecule has 0 saturated heterocycles. The third-order valence-corrected chi connectivity index (χ3v) is 4.53. The third-order valence-electron chi connectivity index (χ3n) is 3.41. The van der Waals surface area contributed by atoms with E-state index in [-0.39, 0.29) is 11.4 Å². The van der Waals surface area contributed by atoms with Crippen LogP contribution in [0.3, 0.4) is 0 Å². The Balaban J connectivity index is 2.37. The van der Waals surface area contributed by atoms with Crippen LogP contribution in [0, 0.1) is 5.41 Å². The molecule has 0 unspecified atom stereocenters. The van der Waals surface area contributed by atoms with Crippen LogP contribution in [0.4, 0.5) is 5.00 Å². The molecule has 19 heavy (non-hydrogen) atoms. The highest BCUT2D eigenvalue weighted by Gasteiger charge is 2.33. The monoisotopic (exact) mass is 281 g/mol. The Morgan fingerprint density at radius 1 is 1.37 bits per heavy atom. The number of fused-ring (bicyclic) bond motifs is 1. The van der Waals surface area contributed by atoms with Crippen molar-refractivity contribution < 1.29 is 9.53 Å². The fourth-order valence-electron chi connectivity index (χ4n) is 2.49. The molecule has 0 spiro atoms. The summed E-state index contributed by atoms with van der Waals surface area (Å²) in [6.45, 7) is 10.1. The fraction of sp³-hybridized carbons (Fsp3) is 0.667. The number of rotatable bonds is 1. The van der Waals surface area contributed by atoms with E-state index in [1.807, 2.05) is 20.8 Å². The van der Waals surface area contributed by atoms with Gasteiger partial charge in [-0.05, 0) is 51.0 Å². The predicted octanol–water partition coefficient (Wildman–Crippen LogP) is 3.80. The van der Waals surface area contributed by atoms with E-state index in [1.54, 1.807) is 11.3 Å². The molecular weight excluding hydrogens is 258 g/mol. The van der Waals surface area contributed by atoms with Crippen molar-refractivity contribution in [3.63, 3.8) is 0 Å². The molecule has 4 heteroatoms. The number of nitrogen functional groups attached to an aromatic ring is 1. The molecule has 2 rings (SSSR count). The van der Waals surface area contributed by atoms with E-state index in [4.69, 9.17) is 10.5 Å². The molecule has 1 heterocycles. The average molecular weight is 281 g/mol. The number of hydrogen-bond acceptors (Lipinski definition) is 4. The Morgan fingerprint density at radius 3 is 2.58 bits per heavy atom. The fourth-order valence-corrected chi connectivity index (χ4v) is 3.57. The first-order chi connectivity index (χ1) is 8.59. The van der Waals surface area contributed by atoms with Gasteiger partial charge in [0.25, 0.3) is 0 Å². The second kappa shape index (κ2) is 4.51. The van der Waals surface area contributed by atoms with E-state index >= 15 is 0 Å². The first kappa shape index (κ1) is 14.4. The van der Waals surface area contributed by atoms with Crippen LogP contribution in [0.5, 0.6) is 0 Å². The predicted molar refractivity (Wildman–Crippen MR) is 79.7 cm³/mol. The Labute approximate surface area is 119 Å². The lowest BCUT2D eigenvalue weighted by Gasteiger charge is -2.30. The summed E-state index contributed by atoms with van der Waals surface area (Å²) >= 11 is 1.55. The average Bonchev–Trinajstić information content (AvgIpc) is 2.49. The lowest BCUT2D eigenvalue weighted by Crippen LogP contribution is -2.27. The van der Waals surface area contributed by atoms with Crippen molar-refractivity contribution in [1.29, 1.82) is 0 Å². The number of carbonyl (C=O) groups excluding carboxylic acids is 1. The molecule has 0 aromatic carbocycles. The van der Waals surface area contributed by atoms with Gasteiger partial charge in [-0.15, -0.1) is 11.3 Å². The van der Waals surface area contributed by atoms with Crippen LogP contribution in [-0.4, -0.2) is 11.6 Å². The second-order valence-electron chi connectivity index (χ2n) is 7.09. The van der Waals surface area contributed by atoms with Crippen molar-refractivity contribution in [2.45, 2.75) is 59.5 Å². The summed E-state index contributed by atoms with van der Waals surface area (Å²) in [5, 5.41) is 0.608. The molecule has 0 fully saturated rings. The minimum atomic E-state index is -0.484. The Kier molecular flexibility index (Phi) is 3.42. The topological polar surface area (TPSA) is 52.3 Å². The Hall–Kier alpha value is -1.03. The number of thiophene rings is 1. The van der Waals surface area contributed by atoms with Crippen molar-refractivity contribution in [2.24, 2.45) is 5.41 Å². The lowest BCUT2D eigenvalue weighted by molar-refractivity contribution is 0.00694. The Morgan fingerprint density at radius 2 is 2.00 bits per heavy atom. The summed E-state index contributed by atoms with van der Waals surface area (Å²) in [5.41, 5.74) is 7.53. The standard InChI is InChI=1S/C15H23NO2S/c1-14(2,3)18-13(17)11-9-8-15(4,5)7-6-10(9)19-12(11)16/h6-8,16H2,1-5H3. The van der Waals surface area contributed by atoms with Crippen molar-refractivity contribution in [3.8, 4) is 0 Å². The van der Waals surface area contributed by atoms with Crippen molar-refractivity contribution in [1.82, 2.24) is 0 Å². The van der Waals surface area contributed by atoms with Gasteiger partial charge in [0.1, 0.15) is 10.6 Å². The van der Waals surface area contributed by atoms with Crippen LogP contribution in [0.1, 0.15) is 61.8 Å². The number of nitrogens with two attached hydrogens (primary N) is 1. The molecular formula is C15H23NO2S. The summed E-state index contributed by atoms with van der Waals surface area (Å²) in [5.74, 6) is -0.278. The third kappa shape index (κ3) is 3.11. The van der Waals surface area contributed by atoms with Gasteiger partial charge in [-0.2, -0.15) is 0 Å². The van der Waals surface area contributed by atoms with Crippen LogP contribution >= 0.6 is 11.3 Å². The lowest BCUT2D eigenvalue weighted by atomic mass is 9.76. The van der Waals surface area contributed by atoms with Gasteiger partial charge in [-0.3, -0.25) is 0 Å². The molecule has 0 saturated carbocycles. The highest BCUT2D eigenvalue weighted by molar-refractivity contribution is 7.16. The molecule has 106 valence electrons. The molecule has 1 aromatic rings. The van der Waals surface area contributed by atoms with E-state index in [0.717, 1.165) is 24.8 Å². The first-order valence-electron chi connectivity index (χ1n) is 6.72. The number of hydrogen-bond donors (Lipinski definition) is 1. The Bertz CT molecular complexity index is 509. The first-order valence-corrected chi connectivity index (χ1v) is 7.54. The summed E-state index contributed by atoms with van der Waals surface area (Å²) in [7, 11) is 0. The molecule has 3 nitrogen and oxygen atoms in total. The number of esters is 1. The molecule has 1 aliphatic carbocycles. The molecule has 0 radical (unpaired) electrons. The van der Waals surface area contributed by atoms with Crippen LogP contribution in [0.15, 0.2) is 0 Å². The van der Waals surface area contributed by atoms with Gasteiger partial charge in [-0.25, -0.2) is 4.79 Å². The number of ether oxygens (including phenoxy) is 1. The van der Waals surface area contributed by atoms with Gasteiger partial charge in [0.15, 0.2) is 0 Å². The molecule has 0 atom stereocenters. The zero-order valence-electron chi connectivity index (χ0n) is 12.4. The molecule has 0 amide bonds. The molecule has 1 aliphatic rings. The van der Waals surface area contributed by atoms with Crippen LogP contribution < -0.4 is 5.73 Å². The molecule has 0 aliphatic heterocycles. The highest BCUT2D eigenvalue weighted by atomic mass is 32.1. The second-order valence-corrected chi connectivity index (χ2v) is 8.22. The number of carbonyl (C=O) groups is 1. The smallest absolute Gasteiger partial charge is 0.341 e. The molecule has 0 bridgehead atoms. The maximum atomic E-state index is 12.3. The summed E-state index contributed by atoms with van der Waals surface area (Å²) in [6, 6.07) is 0. The van der Waals surface area contributed by atoms with E-state index in [9.17, 15) is 4.79 Å². The minimum absolute atomic E-state index is 0.233. The van der Waals surface area contributed by atoms with Gasteiger partial charge < -0.3 is 10.5 Å². The summed E-state index contributed by atoms with van der Waals surface area (Å²) < 4.78 is 5.48. The quantitative estimate of drug-likeness (QED) is 0.797. The van der Waals surface area contributed by atoms with Crippen molar-refractivity contribution in [2.75, 3.05) is 5.73 Å². The number of anilines is 1. The minimum Gasteiger partial charge on any atom is -0.456 e. The van der Waals surface area contributed by atoms with Gasteiger partial charge in [0, 0.05) is 4.88 Å². The van der Waals surface area contributed by atoms with Gasteiger partial charge >= 0.3 is 5.97 Å². The summed E-state index contributed by atoms with van der Waals surface area (Å²) in [4.78, 5) is 13.6. The van der Waals surface area contributed by atoms with Gasteiger partial charge in [0.2, 0.25) is 0 Å². The molecule has 2 N–H and O–H groups in total. The number of aryl methyl sites for hydroxylation is 1. The summed E-state index contributed by atoms with van der Waals surface area (Å²) in [6.07, 6.45) is 3.07. The van der Waals surface area contributed by atoms with Gasteiger partial charge in [-0.1, -0.05) is 13.8 Å². The van der Waals surface area contributed by atoms with E-state index in [1.165, 1.54) is 4.88 Å². The van der Waals surface area contributed by atoms with Crippen molar-refractivity contribution in [3.05, 3.63) is 16.0 Å². The molecule has 1 aromatic heterocycles. The normalized spacial score (nSPS) is 17.9. The van der Waals surface area contributed by atoms with Crippen LogP contribution in [0.25, 0.3) is 0 Å². The maximum Gasteiger partial charge on any atom is 0.341 e. The van der Waals surface area contributed by atoms with Gasteiger partial charge in [0.05, 0.1) is 5.56 Å². The van der Waals surface area contributed by atoms with Crippen molar-refractivity contribution >= 4 is 22.3 Å². The highest BCUT2D eigenvalue weighted by Crippen LogP contribution is 2.43. The van der Waals surface area contributed by atoms with E-state index in [2.05, 4.69) is 13.8 Å². The SMILES string of the molecule is CC1(C)CCc2sc(N)c(C(=O)OC(C)(C)C)c2C1. The zero-order valence-corrected chi connectivity index (χ0v) is 13.2. The zero-order chi connectivity index (χ0) is 14.4. The largest absolute Gasteiger partial charge is 0.456 e. The van der Waals surface area contributed by atoms with Crippen LogP contribution in [0.2, 0.25) is 0 Å².